The zero-order valence-electron chi connectivity index (χ0n) is 12.1. The Morgan fingerprint density at radius 3 is 2.67 bits per heavy atom. The number of nitrogens with zero attached hydrogens (tertiary/aromatic N) is 1. The van der Waals surface area contributed by atoms with Crippen LogP contribution in [0.4, 0.5) is 11.4 Å². The number of benzene rings is 2. The first-order valence-corrected chi connectivity index (χ1v) is 7.68. The summed E-state index contributed by atoms with van der Waals surface area (Å²) in [7, 11) is 0. The lowest BCUT2D eigenvalue weighted by Crippen LogP contribution is -2.00. The normalized spacial score (nSPS) is 10.4. The van der Waals surface area contributed by atoms with Gasteiger partial charge in [0.15, 0.2) is 0 Å². The number of nitro groups is 1. The summed E-state index contributed by atoms with van der Waals surface area (Å²) in [6.45, 7) is 4.90. The van der Waals surface area contributed by atoms with E-state index in [0.29, 0.717) is 0 Å². The van der Waals surface area contributed by atoms with E-state index in [2.05, 4.69) is 12.2 Å². The Bertz CT molecular complexity index is 644. The summed E-state index contributed by atoms with van der Waals surface area (Å²) < 4.78 is 0. The first-order chi connectivity index (χ1) is 10.1. The highest BCUT2D eigenvalue weighted by atomic mass is 32.2. The fourth-order valence-electron chi connectivity index (χ4n) is 1.92. The van der Waals surface area contributed by atoms with Crippen LogP contribution < -0.4 is 5.32 Å². The highest BCUT2D eigenvalue weighted by Gasteiger charge is 2.11. The van der Waals surface area contributed by atoms with Crippen molar-refractivity contribution in [3.63, 3.8) is 0 Å². The summed E-state index contributed by atoms with van der Waals surface area (Å²) in [5.41, 5.74) is 2.08. The van der Waals surface area contributed by atoms with Crippen LogP contribution in [0.1, 0.15) is 18.9 Å². The van der Waals surface area contributed by atoms with E-state index >= 15 is 0 Å². The van der Waals surface area contributed by atoms with Gasteiger partial charge in [-0.3, -0.25) is 10.1 Å². The minimum absolute atomic E-state index is 0.118. The lowest BCUT2D eigenvalue weighted by atomic mass is 10.2. The summed E-state index contributed by atoms with van der Waals surface area (Å²) in [6, 6.07) is 13.2. The lowest BCUT2D eigenvalue weighted by molar-refractivity contribution is -0.385. The fraction of sp³-hybridized carbons (Fsp3) is 0.250. The number of nitro benzene ring substituents is 1. The predicted octanol–water partition coefficient (Wildman–Crippen LogP) is 4.88. The van der Waals surface area contributed by atoms with Crippen LogP contribution in [0.3, 0.4) is 0 Å². The van der Waals surface area contributed by atoms with Crippen molar-refractivity contribution >= 4 is 23.1 Å². The van der Waals surface area contributed by atoms with Crippen LogP contribution in [0, 0.1) is 17.0 Å². The molecule has 21 heavy (non-hydrogen) atoms. The molecule has 0 saturated carbocycles. The molecule has 0 radical (unpaired) electrons. The number of nitrogens with one attached hydrogen (secondary N) is 1. The van der Waals surface area contributed by atoms with E-state index in [9.17, 15) is 10.1 Å². The van der Waals surface area contributed by atoms with Gasteiger partial charge in [-0.15, -0.1) is 0 Å². The summed E-state index contributed by atoms with van der Waals surface area (Å²) in [5.74, 6) is 0. The molecule has 0 heterocycles. The van der Waals surface area contributed by atoms with Crippen LogP contribution in [0.2, 0.25) is 0 Å². The van der Waals surface area contributed by atoms with Gasteiger partial charge in [0.1, 0.15) is 0 Å². The average Bonchev–Trinajstić information content (AvgIpc) is 2.47. The average molecular weight is 302 g/mol. The zero-order chi connectivity index (χ0) is 15.2. The van der Waals surface area contributed by atoms with Crippen molar-refractivity contribution in [1.29, 1.82) is 0 Å². The van der Waals surface area contributed by atoms with Crippen LogP contribution in [-0.2, 0) is 0 Å². The standard InChI is InChI=1S/C16H18N2O2S/c1-3-8-17-13-9-14(18(19)20)11-15(10-13)21-16-7-5-4-6-12(16)2/h4-7,9-11,17H,3,8H2,1-2H3. The van der Waals surface area contributed by atoms with E-state index in [1.165, 1.54) is 0 Å². The fourth-order valence-corrected chi connectivity index (χ4v) is 2.91. The molecular weight excluding hydrogens is 284 g/mol. The molecule has 0 aliphatic heterocycles. The minimum Gasteiger partial charge on any atom is -0.385 e. The molecule has 110 valence electrons. The van der Waals surface area contributed by atoms with Crippen LogP contribution in [0.5, 0.6) is 0 Å². The second-order valence-corrected chi connectivity index (χ2v) is 5.88. The number of rotatable bonds is 6. The van der Waals surface area contributed by atoms with Gasteiger partial charge < -0.3 is 5.32 Å². The van der Waals surface area contributed by atoms with Crippen molar-refractivity contribution in [3.05, 3.63) is 58.1 Å². The monoisotopic (exact) mass is 302 g/mol. The van der Waals surface area contributed by atoms with Gasteiger partial charge >= 0.3 is 0 Å². The first kappa shape index (κ1) is 15.4. The second kappa shape index (κ2) is 7.13. The van der Waals surface area contributed by atoms with Crippen molar-refractivity contribution in [2.24, 2.45) is 0 Å². The molecule has 0 atom stereocenters. The molecule has 0 aliphatic carbocycles. The highest BCUT2D eigenvalue weighted by Crippen LogP contribution is 2.34. The van der Waals surface area contributed by atoms with Crippen molar-refractivity contribution in [1.82, 2.24) is 0 Å². The Kier molecular flexibility index (Phi) is 5.22. The van der Waals surface area contributed by atoms with Gasteiger partial charge in [-0.25, -0.2) is 0 Å². The van der Waals surface area contributed by atoms with Gasteiger partial charge in [0, 0.05) is 34.2 Å². The smallest absolute Gasteiger partial charge is 0.272 e. The van der Waals surface area contributed by atoms with Gasteiger partial charge in [0.25, 0.3) is 5.69 Å². The second-order valence-electron chi connectivity index (χ2n) is 4.77. The number of non-ortho nitro benzene ring substituents is 1. The van der Waals surface area contributed by atoms with Crippen LogP contribution >= 0.6 is 11.8 Å². The summed E-state index contributed by atoms with van der Waals surface area (Å²) in [4.78, 5) is 12.7. The summed E-state index contributed by atoms with van der Waals surface area (Å²) in [6.07, 6.45) is 0.975. The quantitative estimate of drug-likeness (QED) is 0.610. The minimum atomic E-state index is -0.348. The number of aryl methyl sites for hydroxylation is 1. The zero-order valence-corrected chi connectivity index (χ0v) is 12.9. The van der Waals surface area contributed by atoms with E-state index in [4.69, 9.17) is 0 Å². The van der Waals surface area contributed by atoms with Gasteiger partial charge in [-0.1, -0.05) is 36.9 Å². The van der Waals surface area contributed by atoms with Gasteiger partial charge in [0.05, 0.1) is 4.92 Å². The van der Waals surface area contributed by atoms with E-state index in [1.807, 2.05) is 37.3 Å². The maximum Gasteiger partial charge on any atom is 0.272 e. The van der Waals surface area contributed by atoms with Crippen molar-refractivity contribution in [2.75, 3.05) is 11.9 Å². The number of anilines is 1. The molecule has 0 fully saturated rings. The first-order valence-electron chi connectivity index (χ1n) is 6.87. The Morgan fingerprint density at radius 1 is 1.24 bits per heavy atom. The third-order valence-corrected chi connectivity index (χ3v) is 4.15. The Labute approximate surface area is 128 Å². The molecule has 4 nitrogen and oxygen atoms in total. The molecule has 0 aliphatic rings. The van der Waals surface area contributed by atoms with Crippen molar-refractivity contribution in [2.45, 2.75) is 30.1 Å². The van der Waals surface area contributed by atoms with E-state index < -0.39 is 0 Å². The van der Waals surface area contributed by atoms with Crippen LogP contribution in [0.25, 0.3) is 0 Å². The molecule has 0 saturated heterocycles. The Hall–Kier alpha value is -2.01. The molecular formula is C16H18N2O2S. The molecule has 5 heteroatoms. The van der Waals surface area contributed by atoms with Gasteiger partial charge in [-0.2, -0.15) is 0 Å². The highest BCUT2D eigenvalue weighted by molar-refractivity contribution is 7.99. The largest absolute Gasteiger partial charge is 0.385 e. The van der Waals surface area contributed by atoms with E-state index in [1.54, 1.807) is 23.9 Å². The molecule has 2 aromatic rings. The van der Waals surface area contributed by atoms with Crippen LogP contribution in [-0.4, -0.2) is 11.5 Å². The summed E-state index contributed by atoms with van der Waals surface area (Å²) in [5, 5.41) is 14.3. The van der Waals surface area contributed by atoms with Gasteiger partial charge in [0.2, 0.25) is 0 Å². The molecule has 2 rings (SSSR count). The Morgan fingerprint density at radius 2 is 2.00 bits per heavy atom. The SMILES string of the molecule is CCCNc1cc(Sc2ccccc2C)cc([N+](=O)[O-])c1. The third-order valence-electron chi connectivity index (χ3n) is 3.00. The maximum absolute atomic E-state index is 11.1. The molecule has 0 bridgehead atoms. The van der Waals surface area contributed by atoms with Crippen molar-refractivity contribution in [3.8, 4) is 0 Å². The van der Waals surface area contributed by atoms with Crippen molar-refractivity contribution < 1.29 is 4.92 Å². The molecule has 0 aromatic heterocycles. The molecule has 0 unspecified atom stereocenters. The Balaban J connectivity index is 2.31. The maximum atomic E-state index is 11.1. The predicted molar refractivity (Wildman–Crippen MR) is 87.2 cm³/mol. The van der Waals surface area contributed by atoms with E-state index in [0.717, 1.165) is 34.0 Å². The lowest BCUT2D eigenvalue weighted by Gasteiger charge is -2.09. The molecule has 0 spiro atoms. The van der Waals surface area contributed by atoms with E-state index in [-0.39, 0.29) is 10.6 Å². The van der Waals surface area contributed by atoms with Gasteiger partial charge in [-0.05, 0) is 31.0 Å². The topological polar surface area (TPSA) is 55.2 Å². The number of hydrogen-bond donors (Lipinski definition) is 1. The third kappa shape index (κ3) is 4.23. The summed E-state index contributed by atoms with van der Waals surface area (Å²) >= 11 is 1.55. The molecule has 1 N–H and O–H groups in total. The molecule has 0 amide bonds. The van der Waals surface area contributed by atoms with Crippen LogP contribution in [0.15, 0.2) is 52.3 Å². The molecule has 2 aromatic carbocycles. The number of hydrogen-bond acceptors (Lipinski definition) is 4.